The highest BCUT2D eigenvalue weighted by molar-refractivity contribution is 14.1. The van der Waals surface area contributed by atoms with Gasteiger partial charge in [-0.3, -0.25) is 0 Å². The van der Waals surface area contributed by atoms with Crippen molar-refractivity contribution in [2.45, 2.75) is 13.0 Å². The lowest BCUT2D eigenvalue weighted by Crippen LogP contribution is -2.19. The predicted molar refractivity (Wildman–Crippen MR) is 88.9 cm³/mol. The van der Waals surface area contributed by atoms with E-state index < -0.39 is 6.10 Å². The van der Waals surface area contributed by atoms with E-state index in [1.165, 1.54) is 0 Å². The molecule has 1 unspecified atom stereocenters. The highest BCUT2D eigenvalue weighted by atomic mass is 127. The lowest BCUT2D eigenvalue weighted by atomic mass is 10.1. The number of anilines is 2. The molecule has 5 heteroatoms. The maximum absolute atomic E-state index is 11.9. The Morgan fingerprint density at radius 2 is 1.75 bits per heavy atom. The molecule has 2 rings (SSSR count). The van der Waals surface area contributed by atoms with E-state index in [4.69, 9.17) is 0 Å². The number of para-hydroxylation sites is 1. The van der Waals surface area contributed by atoms with Crippen molar-refractivity contribution in [3.8, 4) is 0 Å². The molecule has 3 N–H and O–H groups in total. The number of carbonyl (C=O) groups is 1. The summed E-state index contributed by atoms with van der Waals surface area (Å²) in [5.74, 6) is 0. The van der Waals surface area contributed by atoms with Gasteiger partial charge in [0.15, 0.2) is 0 Å². The average Bonchev–Trinajstić information content (AvgIpc) is 2.42. The summed E-state index contributed by atoms with van der Waals surface area (Å²) in [6.45, 7) is 1.70. The van der Waals surface area contributed by atoms with E-state index in [0.717, 1.165) is 14.8 Å². The van der Waals surface area contributed by atoms with E-state index in [1.54, 1.807) is 31.2 Å². The minimum Gasteiger partial charge on any atom is -0.389 e. The summed E-state index contributed by atoms with van der Waals surface area (Å²) in [7, 11) is 0. The molecule has 4 nitrogen and oxygen atoms in total. The van der Waals surface area contributed by atoms with Gasteiger partial charge < -0.3 is 15.7 Å². The third kappa shape index (κ3) is 3.94. The summed E-state index contributed by atoms with van der Waals surface area (Å²) in [5, 5.41) is 15.0. The standard InChI is InChI=1S/C15H15IN2O2/c1-10(19)11-6-8-12(9-7-11)17-15(20)18-14-5-3-2-4-13(14)16/h2-10,19H,1H3,(H2,17,18,20). The molecule has 2 amide bonds. The van der Waals surface area contributed by atoms with Crippen LogP contribution in [0.4, 0.5) is 16.2 Å². The van der Waals surface area contributed by atoms with Crippen molar-refractivity contribution in [1.29, 1.82) is 0 Å². The topological polar surface area (TPSA) is 61.4 Å². The Morgan fingerprint density at radius 3 is 2.35 bits per heavy atom. The van der Waals surface area contributed by atoms with E-state index in [0.29, 0.717) is 5.69 Å². The SMILES string of the molecule is CC(O)c1ccc(NC(=O)Nc2ccccc2I)cc1. The number of nitrogens with one attached hydrogen (secondary N) is 2. The first-order chi connectivity index (χ1) is 9.56. The lowest BCUT2D eigenvalue weighted by Gasteiger charge is -2.10. The minimum absolute atomic E-state index is 0.293. The smallest absolute Gasteiger partial charge is 0.323 e. The van der Waals surface area contributed by atoms with Crippen LogP contribution in [0.3, 0.4) is 0 Å². The molecule has 2 aromatic rings. The number of aliphatic hydroxyl groups is 1. The summed E-state index contributed by atoms with van der Waals surface area (Å²) in [6, 6.07) is 14.4. The van der Waals surface area contributed by atoms with Crippen molar-refractivity contribution in [3.63, 3.8) is 0 Å². The third-order valence-electron chi connectivity index (χ3n) is 2.77. The average molecular weight is 382 g/mol. The van der Waals surface area contributed by atoms with Crippen LogP contribution >= 0.6 is 22.6 Å². The summed E-state index contributed by atoms with van der Waals surface area (Å²) in [4.78, 5) is 11.9. The van der Waals surface area contributed by atoms with Crippen molar-refractivity contribution in [2.24, 2.45) is 0 Å². The van der Waals surface area contributed by atoms with E-state index in [9.17, 15) is 9.90 Å². The van der Waals surface area contributed by atoms with E-state index in [-0.39, 0.29) is 6.03 Å². The summed E-state index contributed by atoms with van der Waals surface area (Å²) >= 11 is 2.17. The molecule has 0 aromatic heterocycles. The Bertz CT molecular complexity index is 597. The van der Waals surface area contributed by atoms with Gasteiger partial charge in [-0.2, -0.15) is 0 Å². The fourth-order valence-corrected chi connectivity index (χ4v) is 2.21. The molecule has 0 fully saturated rings. The zero-order valence-corrected chi connectivity index (χ0v) is 13.1. The fourth-order valence-electron chi connectivity index (χ4n) is 1.69. The Balaban J connectivity index is 1.99. The second-order valence-electron chi connectivity index (χ2n) is 4.36. The Labute approximate surface area is 131 Å². The van der Waals surface area contributed by atoms with Gasteiger partial charge in [-0.1, -0.05) is 24.3 Å². The molecule has 0 saturated carbocycles. The van der Waals surface area contributed by atoms with Crippen LogP contribution in [0.15, 0.2) is 48.5 Å². The van der Waals surface area contributed by atoms with Crippen LogP contribution in [0.25, 0.3) is 0 Å². The zero-order valence-electron chi connectivity index (χ0n) is 10.9. The number of amides is 2. The van der Waals surface area contributed by atoms with Gasteiger partial charge in [0.2, 0.25) is 0 Å². The maximum Gasteiger partial charge on any atom is 0.323 e. The molecule has 0 heterocycles. The van der Waals surface area contributed by atoms with Gasteiger partial charge in [0.1, 0.15) is 0 Å². The van der Waals surface area contributed by atoms with E-state index in [2.05, 4.69) is 33.2 Å². The van der Waals surface area contributed by atoms with Crippen LogP contribution in [0.5, 0.6) is 0 Å². The largest absolute Gasteiger partial charge is 0.389 e. The van der Waals surface area contributed by atoms with Crippen molar-refractivity contribution in [1.82, 2.24) is 0 Å². The Morgan fingerprint density at radius 1 is 1.10 bits per heavy atom. The van der Waals surface area contributed by atoms with E-state index in [1.807, 2.05) is 24.3 Å². The molecule has 0 radical (unpaired) electrons. The van der Waals surface area contributed by atoms with Crippen molar-refractivity contribution < 1.29 is 9.90 Å². The second kappa shape index (κ2) is 6.71. The molecule has 1 atom stereocenters. The summed E-state index contributed by atoms with van der Waals surface area (Å²) < 4.78 is 0.977. The monoisotopic (exact) mass is 382 g/mol. The van der Waals surface area contributed by atoms with Gasteiger partial charge in [0, 0.05) is 9.26 Å². The first-order valence-electron chi connectivity index (χ1n) is 6.17. The highest BCUT2D eigenvalue weighted by Crippen LogP contribution is 2.18. The molecule has 0 bridgehead atoms. The van der Waals surface area contributed by atoms with Crippen LogP contribution < -0.4 is 10.6 Å². The molecule has 2 aromatic carbocycles. The maximum atomic E-state index is 11.9. The highest BCUT2D eigenvalue weighted by Gasteiger charge is 2.06. The van der Waals surface area contributed by atoms with Gasteiger partial charge in [-0.15, -0.1) is 0 Å². The van der Waals surface area contributed by atoms with Gasteiger partial charge >= 0.3 is 6.03 Å². The fraction of sp³-hybridized carbons (Fsp3) is 0.133. The quantitative estimate of drug-likeness (QED) is 0.704. The lowest BCUT2D eigenvalue weighted by molar-refractivity contribution is 0.199. The number of rotatable bonds is 3. The number of urea groups is 1. The summed E-state index contributed by atoms with van der Waals surface area (Å²) in [6.07, 6.45) is -0.510. The van der Waals surface area contributed by atoms with Crippen molar-refractivity contribution in [3.05, 3.63) is 57.7 Å². The van der Waals surface area contributed by atoms with Crippen molar-refractivity contribution in [2.75, 3.05) is 10.6 Å². The molecular weight excluding hydrogens is 367 g/mol. The second-order valence-corrected chi connectivity index (χ2v) is 5.52. The first kappa shape index (κ1) is 14.8. The molecule has 104 valence electrons. The molecule has 0 saturated heterocycles. The number of benzene rings is 2. The number of carbonyl (C=O) groups excluding carboxylic acids is 1. The van der Waals surface area contributed by atoms with Crippen LogP contribution in [0.2, 0.25) is 0 Å². The molecule has 0 aliphatic heterocycles. The minimum atomic E-state index is -0.510. The van der Waals surface area contributed by atoms with Crippen LogP contribution in [0, 0.1) is 3.57 Å². The van der Waals surface area contributed by atoms with Crippen LogP contribution in [-0.2, 0) is 0 Å². The number of hydrogen-bond donors (Lipinski definition) is 3. The third-order valence-corrected chi connectivity index (χ3v) is 3.71. The van der Waals surface area contributed by atoms with Gasteiger partial charge in [0.05, 0.1) is 11.8 Å². The molecule has 20 heavy (non-hydrogen) atoms. The summed E-state index contributed by atoms with van der Waals surface area (Å²) in [5.41, 5.74) is 2.26. The number of aliphatic hydroxyl groups excluding tert-OH is 1. The Hall–Kier alpha value is -1.60. The van der Waals surface area contributed by atoms with Gasteiger partial charge in [-0.05, 0) is 59.3 Å². The first-order valence-corrected chi connectivity index (χ1v) is 7.24. The Kier molecular flexibility index (Phi) is 4.97. The zero-order chi connectivity index (χ0) is 14.5. The van der Waals surface area contributed by atoms with Crippen LogP contribution in [-0.4, -0.2) is 11.1 Å². The number of hydrogen-bond acceptors (Lipinski definition) is 2. The molecular formula is C15H15IN2O2. The van der Waals surface area contributed by atoms with E-state index >= 15 is 0 Å². The van der Waals surface area contributed by atoms with Gasteiger partial charge in [-0.25, -0.2) is 4.79 Å². The van der Waals surface area contributed by atoms with Crippen molar-refractivity contribution >= 4 is 40.0 Å². The molecule has 0 aliphatic rings. The predicted octanol–water partition coefficient (Wildman–Crippen LogP) is 3.99. The van der Waals surface area contributed by atoms with Crippen LogP contribution in [0.1, 0.15) is 18.6 Å². The van der Waals surface area contributed by atoms with Gasteiger partial charge in [0.25, 0.3) is 0 Å². The normalized spacial score (nSPS) is 11.8. The molecule has 0 spiro atoms. The molecule has 0 aliphatic carbocycles. The number of halogens is 1.